The Hall–Kier alpha value is -3.63. The normalized spacial score (nSPS) is 11.2. The van der Waals surface area contributed by atoms with E-state index in [4.69, 9.17) is 4.42 Å². The average Bonchev–Trinajstić information content (AvgIpc) is 3.42. The summed E-state index contributed by atoms with van der Waals surface area (Å²) in [7, 11) is 2.05. The molecule has 3 aromatic heterocycles. The van der Waals surface area contributed by atoms with Crippen LogP contribution in [0.4, 0.5) is 5.82 Å². The topological polar surface area (TPSA) is 70.4 Å². The molecule has 0 saturated carbocycles. The first-order valence-electron chi connectivity index (χ1n) is 10.3. The zero-order valence-corrected chi connectivity index (χ0v) is 19.3. The summed E-state index contributed by atoms with van der Waals surface area (Å²) in [6, 6.07) is 19.9. The van der Waals surface area contributed by atoms with Crippen molar-refractivity contribution in [3.8, 4) is 17.4 Å². The lowest BCUT2D eigenvalue weighted by Crippen LogP contribution is -2.20. The first kappa shape index (κ1) is 20.3. The lowest BCUT2D eigenvalue weighted by Gasteiger charge is -2.21. The molecule has 7 heteroatoms. The quantitative estimate of drug-likeness (QED) is 0.306. The van der Waals surface area contributed by atoms with E-state index in [2.05, 4.69) is 69.2 Å². The van der Waals surface area contributed by atoms with Gasteiger partial charge in [-0.1, -0.05) is 25.1 Å². The highest BCUT2D eigenvalue weighted by Gasteiger charge is 2.18. The van der Waals surface area contributed by atoms with Crippen molar-refractivity contribution in [2.45, 2.75) is 19.9 Å². The van der Waals surface area contributed by atoms with Crippen molar-refractivity contribution in [2.24, 2.45) is 0 Å². The fourth-order valence-corrected chi connectivity index (χ4v) is 4.52. The maximum Gasteiger partial charge on any atom is 0.157 e. The van der Waals surface area contributed by atoms with E-state index < -0.39 is 0 Å². The third-order valence-corrected chi connectivity index (χ3v) is 6.34. The van der Waals surface area contributed by atoms with Crippen molar-refractivity contribution >= 4 is 38.4 Å². The van der Waals surface area contributed by atoms with E-state index >= 15 is 0 Å². The van der Waals surface area contributed by atoms with Gasteiger partial charge in [0.25, 0.3) is 0 Å². The van der Waals surface area contributed by atoms with Gasteiger partial charge < -0.3 is 9.32 Å². The molecule has 3 heterocycles. The smallest absolute Gasteiger partial charge is 0.157 e. The molecular weight excluding hydrogens is 466 g/mol. The van der Waals surface area contributed by atoms with Gasteiger partial charge in [-0.05, 0) is 52.2 Å². The number of benzene rings is 2. The summed E-state index contributed by atoms with van der Waals surface area (Å²) in [5, 5.41) is 14.9. The van der Waals surface area contributed by atoms with Crippen LogP contribution in [0.5, 0.6) is 0 Å². The van der Waals surface area contributed by atoms with Crippen molar-refractivity contribution in [2.75, 3.05) is 11.9 Å². The third kappa shape index (κ3) is 3.43. The number of halogens is 1. The van der Waals surface area contributed by atoms with Gasteiger partial charge in [-0.15, -0.1) is 0 Å². The second kappa shape index (κ2) is 8.13. The molecule has 0 aliphatic heterocycles. The van der Waals surface area contributed by atoms with Crippen molar-refractivity contribution in [3.63, 3.8) is 0 Å². The number of nitriles is 1. The fourth-order valence-electron chi connectivity index (χ4n) is 3.92. The summed E-state index contributed by atoms with van der Waals surface area (Å²) >= 11 is 3.70. The van der Waals surface area contributed by atoms with Crippen LogP contribution in [0.1, 0.15) is 23.7 Å². The molecule has 0 fully saturated rings. The lowest BCUT2D eigenvalue weighted by molar-refractivity contribution is 0.629. The van der Waals surface area contributed by atoms with E-state index in [1.54, 1.807) is 12.3 Å². The predicted molar refractivity (Wildman–Crippen MR) is 129 cm³/mol. The summed E-state index contributed by atoms with van der Waals surface area (Å²) in [6.07, 6.45) is 2.64. The number of nitrogens with zero attached hydrogens (tertiary/aromatic N) is 5. The van der Waals surface area contributed by atoms with E-state index in [-0.39, 0.29) is 0 Å². The van der Waals surface area contributed by atoms with E-state index in [0.717, 1.165) is 50.1 Å². The Kier molecular flexibility index (Phi) is 5.16. The number of anilines is 1. The second-order valence-electron chi connectivity index (χ2n) is 7.65. The Labute approximate surface area is 193 Å². The molecule has 158 valence electrons. The Morgan fingerprint density at radius 2 is 2.00 bits per heavy atom. The van der Waals surface area contributed by atoms with Gasteiger partial charge in [-0.25, -0.2) is 4.98 Å². The molecule has 2 aromatic carbocycles. The molecule has 0 amide bonds. The van der Waals surface area contributed by atoms with Crippen LogP contribution in [0.25, 0.3) is 27.9 Å². The van der Waals surface area contributed by atoms with Gasteiger partial charge in [0.2, 0.25) is 0 Å². The number of hydrogen-bond donors (Lipinski definition) is 0. The largest absolute Gasteiger partial charge is 0.455 e. The minimum absolute atomic E-state index is 0.583. The SMILES string of the molecule is CCc1cc(N(C)Cc2ccc3oc(-c4ccccc4C#N)c(Br)c3c2)n2nccc2n1. The molecule has 0 unspecified atom stereocenters. The number of rotatable bonds is 5. The van der Waals surface area contributed by atoms with E-state index in [9.17, 15) is 5.26 Å². The van der Waals surface area contributed by atoms with Gasteiger partial charge in [0, 0.05) is 42.4 Å². The zero-order valence-electron chi connectivity index (χ0n) is 17.7. The minimum Gasteiger partial charge on any atom is -0.455 e. The average molecular weight is 486 g/mol. The summed E-state index contributed by atoms with van der Waals surface area (Å²) in [6.45, 7) is 2.80. The van der Waals surface area contributed by atoms with Crippen LogP contribution in [0.2, 0.25) is 0 Å². The summed E-state index contributed by atoms with van der Waals surface area (Å²) in [4.78, 5) is 6.80. The maximum atomic E-state index is 9.47. The lowest BCUT2D eigenvalue weighted by atomic mass is 10.1. The number of fused-ring (bicyclic) bond motifs is 2. The highest BCUT2D eigenvalue weighted by molar-refractivity contribution is 9.10. The Balaban J connectivity index is 1.52. The first-order valence-corrected chi connectivity index (χ1v) is 11.1. The number of hydrogen-bond acceptors (Lipinski definition) is 5. The van der Waals surface area contributed by atoms with E-state index in [1.165, 1.54) is 0 Å². The third-order valence-electron chi connectivity index (χ3n) is 5.55. The molecule has 0 N–H and O–H groups in total. The van der Waals surface area contributed by atoms with Gasteiger partial charge in [-0.3, -0.25) is 0 Å². The number of aromatic nitrogens is 3. The molecule has 0 aliphatic rings. The van der Waals surface area contributed by atoms with Gasteiger partial charge >= 0.3 is 0 Å². The van der Waals surface area contributed by atoms with Crippen molar-refractivity contribution in [1.82, 2.24) is 14.6 Å². The Morgan fingerprint density at radius 3 is 2.81 bits per heavy atom. The van der Waals surface area contributed by atoms with Crippen molar-refractivity contribution in [3.05, 3.63) is 82.1 Å². The standard InChI is InChI=1S/C25H20BrN5O/c1-3-18-13-23(31-22(29-18)10-11-28-31)30(2)15-16-8-9-21-20(12-16)24(26)25(32-21)19-7-5-4-6-17(19)14-27/h4-13H,3,15H2,1-2H3. The van der Waals surface area contributed by atoms with Crippen LogP contribution in [0, 0.1) is 11.3 Å². The van der Waals surface area contributed by atoms with Crippen LogP contribution < -0.4 is 4.90 Å². The highest BCUT2D eigenvalue weighted by atomic mass is 79.9. The molecule has 5 rings (SSSR count). The van der Waals surface area contributed by atoms with Crippen molar-refractivity contribution < 1.29 is 4.42 Å². The molecule has 0 aliphatic carbocycles. The number of aryl methyl sites for hydroxylation is 1. The Bertz CT molecular complexity index is 1490. The summed E-state index contributed by atoms with van der Waals surface area (Å²) < 4.78 is 8.83. The predicted octanol–water partition coefficient (Wildman–Crippen LogP) is 5.98. The number of furan rings is 1. The fraction of sp³-hybridized carbons (Fsp3) is 0.160. The maximum absolute atomic E-state index is 9.47. The van der Waals surface area contributed by atoms with E-state index in [1.807, 2.05) is 34.8 Å². The van der Waals surface area contributed by atoms with E-state index in [0.29, 0.717) is 17.9 Å². The van der Waals surface area contributed by atoms with Gasteiger partial charge in [-0.2, -0.15) is 14.9 Å². The molecule has 0 radical (unpaired) electrons. The van der Waals surface area contributed by atoms with Gasteiger partial charge in [0.1, 0.15) is 11.4 Å². The van der Waals surface area contributed by atoms with Crippen LogP contribution in [-0.2, 0) is 13.0 Å². The highest BCUT2D eigenvalue weighted by Crippen LogP contribution is 2.39. The second-order valence-corrected chi connectivity index (χ2v) is 8.44. The molecule has 5 aromatic rings. The molecule has 0 bridgehead atoms. The van der Waals surface area contributed by atoms with Crippen LogP contribution >= 0.6 is 15.9 Å². The molecule has 0 saturated heterocycles. The van der Waals surface area contributed by atoms with Crippen LogP contribution in [-0.4, -0.2) is 21.6 Å². The monoisotopic (exact) mass is 485 g/mol. The van der Waals surface area contributed by atoms with Crippen molar-refractivity contribution in [1.29, 1.82) is 5.26 Å². The molecule has 0 atom stereocenters. The molecule has 0 spiro atoms. The molecule has 32 heavy (non-hydrogen) atoms. The summed E-state index contributed by atoms with van der Waals surface area (Å²) in [5.74, 6) is 1.66. The summed E-state index contributed by atoms with van der Waals surface area (Å²) in [5.41, 5.74) is 5.16. The first-order chi connectivity index (χ1) is 15.6. The van der Waals surface area contributed by atoms with Gasteiger partial charge in [0.15, 0.2) is 11.4 Å². The molecule has 6 nitrogen and oxygen atoms in total. The minimum atomic E-state index is 0.583. The van der Waals surface area contributed by atoms with Crippen LogP contribution in [0.15, 0.2) is 69.7 Å². The van der Waals surface area contributed by atoms with Crippen LogP contribution in [0.3, 0.4) is 0 Å². The zero-order chi connectivity index (χ0) is 22.2. The Morgan fingerprint density at radius 1 is 1.16 bits per heavy atom. The van der Waals surface area contributed by atoms with Gasteiger partial charge in [0.05, 0.1) is 22.3 Å². The molecular formula is C25H20BrN5O.